The fourth-order valence-corrected chi connectivity index (χ4v) is 2.05. The summed E-state index contributed by atoms with van der Waals surface area (Å²) >= 11 is 0. The lowest BCUT2D eigenvalue weighted by Gasteiger charge is -2.34. The summed E-state index contributed by atoms with van der Waals surface area (Å²) in [5.41, 5.74) is -4.84. The third-order valence-electron chi connectivity index (χ3n) is 3.18. The van der Waals surface area contributed by atoms with Crippen molar-refractivity contribution in [2.24, 2.45) is 0 Å². The summed E-state index contributed by atoms with van der Waals surface area (Å²) in [5, 5.41) is 3.25. The number of benzene rings is 1. The van der Waals surface area contributed by atoms with E-state index in [1.807, 2.05) is 0 Å². The molecule has 146 valence electrons. The highest BCUT2D eigenvalue weighted by Crippen LogP contribution is 2.32. The van der Waals surface area contributed by atoms with Gasteiger partial charge in [0.15, 0.2) is 0 Å². The van der Waals surface area contributed by atoms with E-state index in [9.17, 15) is 35.9 Å². The van der Waals surface area contributed by atoms with Gasteiger partial charge in [0.1, 0.15) is 0 Å². The first-order chi connectivity index (χ1) is 11.8. The monoisotopic (exact) mass is 386 g/mol. The van der Waals surface area contributed by atoms with E-state index < -0.39 is 48.6 Å². The molecular weight excluding hydrogens is 370 g/mol. The van der Waals surface area contributed by atoms with Gasteiger partial charge in [0.2, 0.25) is 5.91 Å². The highest BCUT2D eigenvalue weighted by Gasteiger charge is 2.62. The summed E-state index contributed by atoms with van der Waals surface area (Å²) < 4.78 is 83.1. The van der Waals surface area contributed by atoms with Gasteiger partial charge in [-0.2, -0.15) is 26.3 Å². The second-order valence-electron chi connectivity index (χ2n) is 5.20. The van der Waals surface area contributed by atoms with Crippen molar-refractivity contribution < 1.29 is 40.7 Å². The molecule has 1 aromatic carbocycles. The van der Waals surface area contributed by atoms with E-state index in [1.165, 1.54) is 12.2 Å². The first kappa shape index (κ1) is 21.7. The normalized spacial score (nSPS) is 14.5. The van der Waals surface area contributed by atoms with E-state index >= 15 is 0 Å². The molecule has 1 aromatic rings. The van der Waals surface area contributed by atoms with E-state index in [4.69, 9.17) is 0 Å². The molecule has 0 aliphatic rings. The van der Waals surface area contributed by atoms with E-state index in [2.05, 4.69) is 4.74 Å². The zero-order valence-corrected chi connectivity index (χ0v) is 13.7. The molecule has 0 saturated heterocycles. The van der Waals surface area contributed by atoms with Crippen molar-refractivity contribution in [1.29, 1.82) is 0 Å². The minimum atomic E-state index is -5.31. The van der Waals surface area contributed by atoms with Gasteiger partial charge in [0.25, 0.3) is 5.66 Å². The minimum Gasteiger partial charge on any atom is -0.463 e. The van der Waals surface area contributed by atoms with Crippen LogP contribution in [-0.2, 0) is 27.0 Å². The number of carbonyl (C=O) groups is 2. The zero-order valence-electron chi connectivity index (χ0n) is 13.7. The van der Waals surface area contributed by atoms with Gasteiger partial charge in [-0.25, -0.2) is 4.79 Å². The van der Waals surface area contributed by atoms with Crippen molar-refractivity contribution in [2.45, 2.75) is 38.4 Å². The van der Waals surface area contributed by atoms with Crippen LogP contribution in [0.4, 0.5) is 26.3 Å². The van der Waals surface area contributed by atoms with E-state index in [0.29, 0.717) is 6.07 Å². The fraction of sp³-hybridized carbons (Fsp3) is 0.467. The maximum Gasteiger partial charge on any atom is 0.436 e. The second-order valence-corrected chi connectivity index (χ2v) is 5.20. The van der Waals surface area contributed by atoms with Gasteiger partial charge in [-0.05, 0) is 18.6 Å². The predicted molar refractivity (Wildman–Crippen MR) is 77.5 cm³/mol. The number of alkyl halides is 6. The maximum absolute atomic E-state index is 13.5. The Morgan fingerprint density at radius 1 is 1.12 bits per heavy atom. The number of hydrogen-bond acceptors (Lipinski definition) is 4. The number of carbonyl (C=O) groups excluding carboxylic acids is 2. The molecule has 0 aromatic heterocycles. The van der Waals surface area contributed by atoms with Crippen LogP contribution in [0.15, 0.2) is 24.3 Å². The predicted octanol–water partition coefficient (Wildman–Crippen LogP) is 2.75. The largest absolute Gasteiger partial charge is 0.463 e. The molecule has 0 saturated carbocycles. The maximum atomic E-state index is 13.5. The fourth-order valence-electron chi connectivity index (χ4n) is 2.05. The molecule has 1 rings (SSSR count). The summed E-state index contributed by atoms with van der Waals surface area (Å²) in [6.07, 6.45) is -10.00. The van der Waals surface area contributed by atoms with Gasteiger partial charge in [-0.15, -0.1) is 0 Å². The number of nitrogens with one attached hydrogen (secondary N) is 2. The lowest BCUT2D eigenvalue weighted by Crippen LogP contribution is -2.72. The van der Waals surface area contributed by atoms with E-state index in [1.54, 1.807) is 5.32 Å². The molecule has 26 heavy (non-hydrogen) atoms. The van der Waals surface area contributed by atoms with Crippen LogP contribution < -0.4 is 10.6 Å². The van der Waals surface area contributed by atoms with Gasteiger partial charge < -0.3 is 10.1 Å². The minimum absolute atomic E-state index is 0.178. The van der Waals surface area contributed by atoms with Crippen molar-refractivity contribution in [1.82, 2.24) is 10.6 Å². The lowest BCUT2D eigenvalue weighted by molar-refractivity contribution is -0.222. The Labute approximate surface area is 144 Å². The van der Waals surface area contributed by atoms with Crippen molar-refractivity contribution >= 4 is 11.9 Å². The quantitative estimate of drug-likeness (QED) is 0.448. The average Bonchev–Trinajstić information content (AvgIpc) is 2.49. The molecule has 0 heterocycles. The van der Waals surface area contributed by atoms with Crippen molar-refractivity contribution in [2.75, 3.05) is 6.61 Å². The zero-order chi connectivity index (χ0) is 20.2. The summed E-state index contributed by atoms with van der Waals surface area (Å²) in [7, 11) is 0. The van der Waals surface area contributed by atoms with Crippen LogP contribution in [0.3, 0.4) is 0 Å². The number of hydrogen-bond donors (Lipinski definition) is 2. The van der Waals surface area contributed by atoms with Crippen LogP contribution in [-0.4, -0.2) is 30.3 Å². The summed E-state index contributed by atoms with van der Waals surface area (Å²) in [4.78, 5) is 23.1. The Kier molecular flexibility index (Phi) is 6.64. The average molecular weight is 386 g/mol. The van der Waals surface area contributed by atoms with E-state index in [0.717, 1.165) is 25.1 Å². The molecule has 1 amide bonds. The van der Waals surface area contributed by atoms with Crippen molar-refractivity contribution in [3.05, 3.63) is 35.4 Å². The van der Waals surface area contributed by atoms with Crippen LogP contribution in [0.2, 0.25) is 0 Å². The summed E-state index contributed by atoms with van der Waals surface area (Å²) in [5.74, 6) is -3.01. The molecule has 2 N–H and O–H groups in total. The molecule has 1 atom stereocenters. The molecule has 0 radical (unpaired) electrons. The highest BCUT2D eigenvalue weighted by molar-refractivity contribution is 5.87. The SMILES string of the molecule is CCOC(=O)[C@@](NCc1cccc(C(F)(F)F)c1)(NC(C)=O)C(F)(F)F. The van der Waals surface area contributed by atoms with Crippen LogP contribution >= 0.6 is 0 Å². The molecule has 11 heteroatoms. The van der Waals surface area contributed by atoms with Gasteiger partial charge >= 0.3 is 18.3 Å². The smallest absolute Gasteiger partial charge is 0.436 e. The standard InChI is InChI=1S/C15H16F6N2O3/c1-3-26-12(25)13(15(19,20)21,23-9(2)24)22-8-10-5-4-6-11(7-10)14(16,17)18/h4-7,22H,3,8H2,1-2H3,(H,23,24)/t13-/m1/s1. The molecular formula is C15H16F6N2O3. The molecule has 5 nitrogen and oxygen atoms in total. The molecule has 0 bridgehead atoms. The third-order valence-corrected chi connectivity index (χ3v) is 3.18. The first-order valence-electron chi connectivity index (χ1n) is 7.27. The van der Waals surface area contributed by atoms with E-state index in [-0.39, 0.29) is 5.56 Å². The Morgan fingerprint density at radius 2 is 1.73 bits per heavy atom. The number of halogens is 6. The Hall–Kier alpha value is -2.30. The Bertz CT molecular complexity index is 660. The number of amides is 1. The molecule has 0 spiro atoms. The first-order valence-corrected chi connectivity index (χ1v) is 7.27. The van der Waals surface area contributed by atoms with Crippen LogP contribution in [0, 0.1) is 0 Å². The number of ether oxygens (including phenoxy) is 1. The number of rotatable bonds is 6. The van der Waals surface area contributed by atoms with Crippen LogP contribution in [0.1, 0.15) is 25.0 Å². The van der Waals surface area contributed by atoms with Gasteiger partial charge in [-0.3, -0.25) is 10.1 Å². The molecule has 0 aliphatic heterocycles. The molecule has 0 unspecified atom stereocenters. The molecule has 0 aliphatic carbocycles. The molecule has 0 fully saturated rings. The van der Waals surface area contributed by atoms with Crippen LogP contribution in [0.5, 0.6) is 0 Å². The van der Waals surface area contributed by atoms with Gasteiger partial charge in [-0.1, -0.05) is 18.2 Å². The Morgan fingerprint density at radius 3 is 2.19 bits per heavy atom. The van der Waals surface area contributed by atoms with Crippen LogP contribution in [0.25, 0.3) is 0 Å². The summed E-state index contributed by atoms with van der Waals surface area (Å²) in [6, 6.07) is 3.53. The number of esters is 1. The van der Waals surface area contributed by atoms with Crippen molar-refractivity contribution in [3.63, 3.8) is 0 Å². The van der Waals surface area contributed by atoms with Crippen molar-refractivity contribution in [3.8, 4) is 0 Å². The topological polar surface area (TPSA) is 67.4 Å². The Balaban J connectivity index is 3.21. The van der Waals surface area contributed by atoms with Gasteiger partial charge in [0, 0.05) is 13.5 Å². The third kappa shape index (κ3) is 5.10. The second kappa shape index (κ2) is 7.94. The lowest BCUT2D eigenvalue weighted by atomic mass is 10.1. The van der Waals surface area contributed by atoms with Gasteiger partial charge in [0.05, 0.1) is 12.2 Å². The highest BCUT2D eigenvalue weighted by atomic mass is 19.4. The summed E-state index contributed by atoms with van der Waals surface area (Å²) in [6.45, 7) is 0.829.